The van der Waals surface area contributed by atoms with Crippen LogP contribution in [0.3, 0.4) is 0 Å². The molecule has 0 spiro atoms. The Morgan fingerprint density at radius 3 is 2.35 bits per heavy atom. The molecule has 17 heavy (non-hydrogen) atoms. The van der Waals surface area contributed by atoms with Gasteiger partial charge in [-0.15, -0.1) is 0 Å². The zero-order chi connectivity index (χ0) is 12.9. The van der Waals surface area contributed by atoms with Crippen molar-refractivity contribution >= 4 is 23.1 Å². The molecule has 0 unspecified atom stereocenters. The van der Waals surface area contributed by atoms with Gasteiger partial charge in [0.05, 0.1) is 0 Å². The maximum Gasteiger partial charge on any atom is 0.279 e. The van der Waals surface area contributed by atoms with E-state index in [4.69, 9.17) is 12.2 Å². The van der Waals surface area contributed by atoms with Crippen molar-refractivity contribution in [3.8, 4) is 0 Å². The standard InChI is InChI=1S/C13H18N2OS/c1-13(2,3)15-11(16)12(17)14-9-10-7-5-4-6-8-10/h4-8H,9H2,1-3H3,(H,14,17)(H,15,16). The molecule has 0 saturated carbocycles. The van der Waals surface area contributed by atoms with Gasteiger partial charge in [0, 0.05) is 12.1 Å². The Morgan fingerprint density at radius 2 is 1.82 bits per heavy atom. The van der Waals surface area contributed by atoms with Crippen molar-refractivity contribution < 1.29 is 4.79 Å². The molecule has 1 amide bonds. The predicted molar refractivity (Wildman–Crippen MR) is 73.8 cm³/mol. The van der Waals surface area contributed by atoms with Crippen LogP contribution in [0.1, 0.15) is 26.3 Å². The lowest BCUT2D eigenvalue weighted by molar-refractivity contribution is -0.116. The molecule has 0 fully saturated rings. The van der Waals surface area contributed by atoms with Crippen LogP contribution < -0.4 is 10.6 Å². The summed E-state index contributed by atoms with van der Waals surface area (Å²) in [7, 11) is 0. The minimum absolute atomic E-state index is 0.226. The highest BCUT2D eigenvalue weighted by atomic mass is 32.1. The number of hydrogen-bond donors (Lipinski definition) is 2. The molecule has 1 rings (SSSR count). The lowest BCUT2D eigenvalue weighted by Crippen LogP contribution is -2.47. The highest BCUT2D eigenvalue weighted by Gasteiger charge is 2.16. The van der Waals surface area contributed by atoms with Gasteiger partial charge in [-0.3, -0.25) is 4.79 Å². The van der Waals surface area contributed by atoms with Crippen LogP contribution in [0.5, 0.6) is 0 Å². The molecule has 0 heterocycles. The molecular formula is C13H18N2OS. The second-order valence-electron chi connectivity index (χ2n) is 4.87. The summed E-state index contributed by atoms with van der Waals surface area (Å²) in [5.74, 6) is -0.233. The van der Waals surface area contributed by atoms with Crippen LogP contribution >= 0.6 is 12.2 Å². The van der Waals surface area contributed by atoms with E-state index in [2.05, 4.69) is 10.6 Å². The van der Waals surface area contributed by atoms with Crippen LogP contribution in [-0.4, -0.2) is 16.4 Å². The van der Waals surface area contributed by atoms with Gasteiger partial charge in [-0.25, -0.2) is 0 Å². The van der Waals surface area contributed by atoms with Gasteiger partial charge in [0.15, 0.2) is 4.99 Å². The third-order valence-corrected chi connectivity index (χ3v) is 2.32. The summed E-state index contributed by atoms with van der Waals surface area (Å²) in [6.07, 6.45) is 0. The number of thiocarbonyl (C=S) groups is 1. The molecule has 0 aliphatic heterocycles. The van der Waals surface area contributed by atoms with Crippen LogP contribution in [0.4, 0.5) is 0 Å². The average molecular weight is 250 g/mol. The van der Waals surface area contributed by atoms with Crippen LogP contribution in [-0.2, 0) is 11.3 Å². The molecular weight excluding hydrogens is 232 g/mol. The van der Waals surface area contributed by atoms with E-state index in [1.807, 2.05) is 51.1 Å². The summed E-state index contributed by atoms with van der Waals surface area (Å²) in [6, 6.07) is 9.83. The summed E-state index contributed by atoms with van der Waals surface area (Å²) >= 11 is 5.02. The molecule has 3 nitrogen and oxygen atoms in total. The third-order valence-electron chi connectivity index (χ3n) is 1.99. The molecule has 1 aromatic carbocycles. The van der Waals surface area contributed by atoms with Gasteiger partial charge in [-0.2, -0.15) is 0 Å². The molecule has 0 aromatic heterocycles. The molecule has 4 heteroatoms. The molecule has 92 valence electrons. The topological polar surface area (TPSA) is 41.1 Å². The third kappa shape index (κ3) is 5.45. The minimum Gasteiger partial charge on any atom is -0.368 e. The van der Waals surface area contributed by atoms with E-state index in [9.17, 15) is 4.79 Å². The number of carbonyl (C=O) groups is 1. The first kappa shape index (κ1) is 13.6. The highest BCUT2D eigenvalue weighted by Crippen LogP contribution is 1.99. The number of benzene rings is 1. The Bertz CT molecular complexity index is 396. The Kier molecular flexibility index (Phi) is 4.63. The Hall–Kier alpha value is -1.42. The smallest absolute Gasteiger partial charge is 0.279 e. The Morgan fingerprint density at radius 1 is 1.24 bits per heavy atom. The highest BCUT2D eigenvalue weighted by molar-refractivity contribution is 7.82. The zero-order valence-electron chi connectivity index (χ0n) is 10.4. The van der Waals surface area contributed by atoms with Gasteiger partial charge in [-0.05, 0) is 26.3 Å². The second-order valence-corrected chi connectivity index (χ2v) is 5.28. The monoisotopic (exact) mass is 250 g/mol. The van der Waals surface area contributed by atoms with Crippen LogP contribution in [0.15, 0.2) is 30.3 Å². The molecule has 0 saturated heterocycles. The largest absolute Gasteiger partial charge is 0.368 e. The fraction of sp³-hybridized carbons (Fsp3) is 0.385. The number of hydrogen-bond acceptors (Lipinski definition) is 2. The Labute approximate surface area is 108 Å². The van der Waals surface area contributed by atoms with E-state index < -0.39 is 0 Å². The average Bonchev–Trinajstić information content (AvgIpc) is 2.25. The van der Waals surface area contributed by atoms with Crippen molar-refractivity contribution in [2.24, 2.45) is 0 Å². The van der Waals surface area contributed by atoms with Gasteiger partial charge < -0.3 is 10.6 Å². The molecule has 0 radical (unpaired) electrons. The van der Waals surface area contributed by atoms with Gasteiger partial charge in [0.25, 0.3) is 5.91 Å². The summed E-state index contributed by atoms with van der Waals surface area (Å²) in [5, 5.41) is 5.75. The van der Waals surface area contributed by atoms with Gasteiger partial charge >= 0.3 is 0 Å². The number of carbonyl (C=O) groups excluding carboxylic acids is 1. The summed E-state index contributed by atoms with van der Waals surface area (Å²) < 4.78 is 0. The van der Waals surface area contributed by atoms with E-state index in [0.717, 1.165) is 5.56 Å². The Balaban J connectivity index is 2.43. The van der Waals surface area contributed by atoms with E-state index in [-0.39, 0.29) is 16.4 Å². The molecule has 0 atom stereocenters. The van der Waals surface area contributed by atoms with Crippen LogP contribution in [0.25, 0.3) is 0 Å². The van der Waals surface area contributed by atoms with Crippen molar-refractivity contribution in [1.29, 1.82) is 0 Å². The lowest BCUT2D eigenvalue weighted by atomic mass is 10.1. The van der Waals surface area contributed by atoms with E-state index in [0.29, 0.717) is 6.54 Å². The first-order valence-electron chi connectivity index (χ1n) is 5.53. The maximum atomic E-state index is 11.7. The van der Waals surface area contributed by atoms with Crippen LogP contribution in [0.2, 0.25) is 0 Å². The van der Waals surface area contributed by atoms with E-state index in [1.165, 1.54) is 0 Å². The van der Waals surface area contributed by atoms with Crippen molar-refractivity contribution in [2.75, 3.05) is 0 Å². The zero-order valence-corrected chi connectivity index (χ0v) is 11.2. The predicted octanol–water partition coefficient (Wildman–Crippen LogP) is 2.02. The number of amides is 1. The lowest BCUT2D eigenvalue weighted by Gasteiger charge is -2.20. The summed E-state index contributed by atoms with van der Waals surface area (Å²) in [5.41, 5.74) is 0.827. The molecule has 0 bridgehead atoms. The van der Waals surface area contributed by atoms with Gasteiger partial charge in [-0.1, -0.05) is 42.5 Å². The van der Waals surface area contributed by atoms with Crippen molar-refractivity contribution in [1.82, 2.24) is 10.6 Å². The molecule has 2 N–H and O–H groups in total. The van der Waals surface area contributed by atoms with Crippen molar-refractivity contribution in [2.45, 2.75) is 32.9 Å². The van der Waals surface area contributed by atoms with Gasteiger partial charge in [0.1, 0.15) is 0 Å². The number of rotatable bonds is 2. The SMILES string of the molecule is CC(C)(C)NC(=O)C(=S)NCc1ccccc1. The second kappa shape index (κ2) is 5.77. The van der Waals surface area contributed by atoms with Gasteiger partial charge in [0.2, 0.25) is 0 Å². The van der Waals surface area contributed by atoms with Crippen molar-refractivity contribution in [3.63, 3.8) is 0 Å². The minimum atomic E-state index is -0.268. The maximum absolute atomic E-state index is 11.7. The fourth-order valence-corrected chi connectivity index (χ4v) is 1.38. The van der Waals surface area contributed by atoms with Crippen molar-refractivity contribution in [3.05, 3.63) is 35.9 Å². The summed E-state index contributed by atoms with van der Waals surface area (Å²) in [4.78, 5) is 11.9. The van der Waals surface area contributed by atoms with Crippen LogP contribution in [0, 0.1) is 0 Å². The molecule has 0 aliphatic rings. The van der Waals surface area contributed by atoms with E-state index >= 15 is 0 Å². The van der Waals surface area contributed by atoms with E-state index in [1.54, 1.807) is 0 Å². The molecule has 1 aromatic rings. The fourth-order valence-electron chi connectivity index (χ4n) is 1.26. The molecule has 0 aliphatic carbocycles. The first-order valence-corrected chi connectivity index (χ1v) is 5.93. The first-order chi connectivity index (χ1) is 7.88. The normalized spacial score (nSPS) is 10.8. The quantitative estimate of drug-likeness (QED) is 0.789. The summed E-state index contributed by atoms with van der Waals surface area (Å²) in [6.45, 7) is 6.33. The number of nitrogens with one attached hydrogen (secondary N) is 2.